The van der Waals surface area contributed by atoms with Gasteiger partial charge in [-0.2, -0.15) is 4.31 Å². The Hall–Kier alpha value is -2.12. The molecule has 0 radical (unpaired) electrons. The first kappa shape index (κ1) is 26.0. The Labute approximate surface area is 211 Å². The summed E-state index contributed by atoms with van der Waals surface area (Å²) >= 11 is 1.21. The van der Waals surface area contributed by atoms with Gasteiger partial charge in [0.05, 0.1) is 17.7 Å². The molecule has 0 unspecified atom stereocenters. The first-order valence-corrected chi connectivity index (χ1v) is 14.2. The summed E-state index contributed by atoms with van der Waals surface area (Å²) in [5.41, 5.74) is -0.457. The van der Waals surface area contributed by atoms with Crippen LogP contribution in [0.1, 0.15) is 33.3 Å². The van der Waals surface area contributed by atoms with E-state index >= 15 is 0 Å². The number of nitrogens with one attached hydrogen (secondary N) is 1. The summed E-state index contributed by atoms with van der Waals surface area (Å²) in [7, 11) is -3.61. The number of sulfonamides is 1. The van der Waals surface area contributed by atoms with Crippen molar-refractivity contribution in [2.45, 2.75) is 49.6 Å². The Bertz CT molecular complexity index is 1120. The van der Waals surface area contributed by atoms with Gasteiger partial charge in [-0.25, -0.2) is 18.4 Å². The molecule has 35 heavy (non-hydrogen) atoms. The van der Waals surface area contributed by atoms with Crippen molar-refractivity contribution < 1.29 is 18.3 Å². The summed E-state index contributed by atoms with van der Waals surface area (Å²) in [6.07, 6.45) is 3.22. The lowest BCUT2D eigenvalue weighted by atomic mass is 9.98. The molecule has 2 aliphatic heterocycles. The highest BCUT2D eigenvalue weighted by atomic mass is 32.2. The molecule has 0 aliphatic carbocycles. The number of hydrogen-bond acceptors (Lipinski definition) is 9. The highest BCUT2D eigenvalue weighted by molar-refractivity contribution is 7.91. The van der Waals surface area contributed by atoms with Gasteiger partial charge in [0.25, 0.3) is 10.0 Å². The number of amides is 1. The van der Waals surface area contributed by atoms with Crippen LogP contribution in [0.2, 0.25) is 0 Å². The number of aromatic nitrogens is 2. The van der Waals surface area contributed by atoms with Crippen LogP contribution in [0.4, 0.5) is 5.95 Å². The summed E-state index contributed by atoms with van der Waals surface area (Å²) in [6, 6.07) is 2.83. The number of aliphatic hydroxyl groups is 1. The van der Waals surface area contributed by atoms with Gasteiger partial charge < -0.3 is 15.3 Å². The van der Waals surface area contributed by atoms with Crippen LogP contribution >= 0.6 is 11.3 Å². The summed E-state index contributed by atoms with van der Waals surface area (Å²) in [4.78, 5) is 25.8. The molecule has 0 spiro atoms. The molecule has 0 bridgehead atoms. The monoisotopic (exact) mass is 522 g/mol. The molecule has 4 heterocycles. The Morgan fingerprint density at radius 3 is 2.54 bits per heavy atom. The molecule has 2 aliphatic rings. The van der Waals surface area contributed by atoms with E-state index in [4.69, 9.17) is 0 Å². The van der Waals surface area contributed by atoms with Gasteiger partial charge in [0.2, 0.25) is 11.9 Å². The minimum Gasteiger partial charge on any atom is -0.386 e. The molecule has 2 fully saturated rings. The van der Waals surface area contributed by atoms with Crippen LogP contribution in [0.25, 0.3) is 0 Å². The van der Waals surface area contributed by atoms with Crippen molar-refractivity contribution >= 4 is 33.2 Å². The van der Waals surface area contributed by atoms with Crippen LogP contribution in [0.3, 0.4) is 0 Å². The lowest BCUT2D eigenvalue weighted by Crippen LogP contribution is -2.64. The fraction of sp³-hybridized carbons (Fsp3) is 0.609. The molecule has 1 amide bonds. The SMILES string of the molecule is CC(C)[C@@H]1C(=O)NCCN1C[C@H]1CN(S(=O)(=O)c2cccs2)CCN1c1ncc(C(C)(C)O)cn1. The van der Waals surface area contributed by atoms with Crippen LogP contribution in [0.5, 0.6) is 0 Å². The van der Waals surface area contributed by atoms with E-state index < -0.39 is 15.6 Å². The van der Waals surface area contributed by atoms with Crippen LogP contribution in [-0.4, -0.2) is 90.0 Å². The Morgan fingerprint density at radius 2 is 1.94 bits per heavy atom. The highest BCUT2D eigenvalue weighted by Crippen LogP contribution is 2.27. The number of hydrogen-bond donors (Lipinski definition) is 2. The second kappa shape index (κ2) is 10.1. The molecule has 2 saturated heterocycles. The molecule has 2 atom stereocenters. The minimum absolute atomic E-state index is 0.00227. The molecule has 4 rings (SSSR count). The van der Waals surface area contributed by atoms with Crippen molar-refractivity contribution in [3.05, 3.63) is 35.5 Å². The summed E-state index contributed by atoms with van der Waals surface area (Å²) in [5, 5.41) is 15.0. The van der Waals surface area contributed by atoms with Gasteiger partial charge >= 0.3 is 0 Å². The molecule has 0 aromatic carbocycles. The predicted octanol–water partition coefficient (Wildman–Crippen LogP) is 1.10. The van der Waals surface area contributed by atoms with Gasteiger partial charge in [-0.3, -0.25) is 9.69 Å². The van der Waals surface area contributed by atoms with E-state index in [1.54, 1.807) is 43.8 Å². The first-order valence-electron chi connectivity index (χ1n) is 11.9. The van der Waals surface area contributed by atoms with E-state index in [9.17, 15) is 18.3 Å². The number of thiophene rings is 1. The summed E-state index contributed by atoms with van der Waals surface area (Å²) in [5.74, 6) is 0.599. The second-order valence-corrected chi connectivity index (χ2v) is 13.1. The van der Waals surface area contributed by atoms with Gasteiger partial charge in [-0.15, -0.1) is 11.3 Å². The average Bonchev–Trinajstić information content (AvgIpc) is 3.34. The van der Waals surface area contributed by atoms with Crippen molar-refractivity contribution in [2.75, 3.05) is 44.2 Å². The predicted molar refractivity (Wildman–Crippen MR) is 135 cm³/mol. The Balaban J connectivity index is 1.63. The average molecular weight is 523 g/mol. The second-order valence-electron chi connectivity index (χ2n) is 9.95. The third-order valence-electron chi connectivity index (χ3n) is 6.57. The van der Waals surface area contributed by atoms with Crippen molar-refractivity contribution in [3.63, 3.8) is 0 Å². The molecular formula is C23H34N6O4S2. The smallest absolute Gasteiger partial charge is 0.252 e. The van der Waals surface area contributed by atoms with E-state index in [2.05, 4.69) is 20.2 Å². The number of carbonyl (C=O) groups is 1. The molecule has 0 saturated carbocycles. The third kappa shape index (κ3) is 5.51. The molecular weight excluding hydrogens is 488 g/mol. The first-order chi connectivity index (χ1) is 16.5. The maximum Gasteiger partial charge on any atom is 0.252 e. The number of carbonyl (C=O) groups excluding carboxylic acids is 1. The van der Waals surface area contributed by atoms with Gasteiger partial charge in [0.1, 0.15) is 4.21 Å². The van der Waals surface area contributed by atoms with Crippen LogP contribution in [0, 0.1) is 5.92 Å². The van der Waals surface area contributed by atoms with E-state index in [0.29, 0.717) is 48.4 Å². The van der Waals surface area contributed by atoms with Crippen molar-refractivity contribution in [3.8, 4) is 0 Å². The normalized spacial score (nSPS) is 23.0. The van der Waals surface area contributed by atoms with E-state index in [0.717, 1.165) is 0 Å². The van der Waals surface area contributed by atoms with Crippen LogP contribution in [-0.2, 0) is 20.4 Å². The lowest BCUT2D eigenvalue weighted by molar-refractivity contribution is -0.130. The zero-order valence-electron chi connectivity index (χ0n) is 20.6. The fourth-order valence-corrected chi connectivity index (χ4v) is 7.33. The number of anilines is 1. The number of nitrogens with zero attached hydrogens (tertiary/aromatic N) is 5. The summed E-state index contributed by atoms with van der Waals surface area (Å²) in [6.45, 7) is 10.1. The zero-order chi connectivity index (χ0) is 25.4. The zero-order valence-corrected chi connectivity index (χ0v) is 22.2. The highest BCUT2D eigenvalue weighted by Gasteiger charge is 2.40. The quantitative estimate of drug-likeness (QED) is 0.555. The fourth-order valence-electron chi connectivity index (χ4n) is 4.72. The third-order valence-corrected chi connectivity index (χ3v) is 9.81. The maximum atomic E-state index is 13.3. The number of rotatable bonds is 7. The Morgan fingerprint density at radius 1 is 1.23 bits per heavy atom. The van der Waals surface area contributed by atoms with Gasteiger partial charge in [0.15, 0.2) is 0 Å². The molecule has 12 heteroatoms. The van der Waals surface area contributed by atoms with Gasteiger partial charge in [0, 0.05) is 57.2 Å². The maximum absolute atomic E-state index is 13.3. The van der Waals surface area contributed by atoms with Crippen molar-refractivity contribution in [2.24, 2.45) is 5.92 Å². The van der Waals surface area contributed by atoms with E-state index in [1.165, 1.54) is 15.6 Å². The molecule has 2 aromatic rings. The summed E-state index contributed by atoms with van der Waals surface area (Å²) < 4.78 is 28.4. The van der Waals surface area contributed by atoms with Crippen LogP contribution < -0.4 is 10.2 Å². The van der Waals surface area contributed by atoms with Crippen LogP contribution in [0.15, 0.2) is 34.1 Å². The van der Waals surface area contributed by atoms with Gasteiger partial charge in [-0.1, -0.05) is 19.9 Å². The molecule has 2 aromatic heterocycles. The molecule has 2 N–H and O–H groups in total. The standard InChI is InChI=1S/C23H34N6O4S2/c1-16(2)20-21(30)24-7-8-27(20)14-18-15-28(35(32,33)19-6-5-11-34-19)9-10-29(18)22-25-12-17(13-26-22)23(3,4)31/h5-6,11-13,16,18,20,31H,7-10,14-15H2,1-4H3,(H,24,30)/t18-,20+/m0/s1. The van der Waals surface area contributed by atoms with Crippen molar-refractivity contribution in [1.82, 2.24) is 24.5 Å². The lowest BCUT2D eigenvalue weighted by Gasteiger charge is -2.45. The topological polar surface area (TPSA) is 119 Å². The van der Waals surface area contributed by atoms with E-state index in [-0.39, 0.29) is 30.5 Å². The van der Waals surface area contributed by atoms with Gasteiger partial charge in [-0.05, 0) is 31.2 Å². The van der Waals surface area contributed by atoms with E-state index in [1.807, 2.05) is 18.7 Å². The molecule has 192 valence electrons. The largest absolute Gasteiger partial charge is 0.386 e. The molecule has 10 nitrogen and oxygen atoms in total. The minimum atomic E-state index is -3.61. The Kier molecular flexibility index (Phi) is 7.49. The number of piperazine rings is 2. The van der Waals surface area contributed by atoms with Crippen molar-refractivity contribution in [1.29, 1.82) is 0 Å².